The molecule has 0 radical (unpaired) electrons. The average Bonchev–Trinajstić information content (AvgIpc) is 2.31. The summed E-state index contributed by atoms with van der Waals surface area (Å²) >= 11 is 0. The summed E-state index contributed by atoms with van der Waals surface area (Å²) in [6, 6.07) is 4.14. The molecule has 1 aromatic carbocycles. The molecule has 92 valence electrons. The molecule has 0 saturated heterocycles. The maximum Gasteiger partial charge on any atom is 0.313 e. The molecular weight excluding hydrogens is 223 g/mol. The van der Waals surface area contributed by atoms with Gasteiger partial charge in [-0.15, -0.1) is 0 Å². The lowest BCUT2D eigenvalue weighted by atomic mass is 10.2. The lowest BCUT2D eigenvalue weighted by Gasteiger charge is -2.13. The van der Waals surface area contributed by atoms with Gasteiger partial charge in [-0.2, -0.15) is 0 Å². The average molecular weight is 238 g/mol. The van der Waals surface area contributed by atoms with Crippen LogP contribution in [0.25, 0.3) is 0 Å². The Balaban J connectivity index is 2.74. The molecule has 0 bridgehead atoms. The van der Waals surface area contributed by atoms with Crippen LogP contribution in [0.3, 0.4) is 0 Å². The number of nitrogens with zero attached hydrogens (tertiary/aromatic N) is 1. The number of carbonyl (C=O) groups is 2. The lowest BCUT2D eigenvalue weighted by Crippen LogP contribution is -2.36. The first-order valence-corrected chi connectivity index (χ1v) is 5.28. The zero-order valence-electron chi connectivity index (χ0n) is 10.1. The summed E-state index contributed by atoms with van der Waals surface area (Å²) in [5, 5.41) is 2.43. The second-order valence-corrected chi connectivity index (χ2v) is 3.74. The molecule has 0 aliphatic rings. The molecule has 4 nitrogen and oxygen atoms in total. The van der Waals surface area contributed by atoms with Gasteiger partial charge < -0.3 is 10.2 Å². The maximum absolute atomic E-state index is 13.0. The van der Waals surface area contributed by atoms with Gasteiger partial charge in [0.05, 0.1) is 0 Å². The highest BCUT2D eigenvalue weighted by Crippen LogP contribution is 2.13. The van der Waals surface area contributed by atoms with E-state index in [1.165, 1.54) is 30.1 Å². The Kier molecular flexibility index (Phi) is 4.20. The van der Waals surface area contributed by atoms with E-state index in [0.29, 0.717) is 17.8 Å². The molecule has 0 aliphatic heterocycles. The molecule has 0 heterocycles. The number of nitrogens with one attached hydrogen (secondary N) is 1. The highest BCUT2D eigenvalue weighted by Gasteiger charge is 2.17. The quantitative estimate of drug-likeness (QED) is 0.795. The second kappa shape index (κ2) is 5.43. The predicted molar refractivity (Wildman–Crippen MR) is 63.1 cm³/mol. The molecule has 2 amide bonds. The number of anilines is 1. The van der Waals surface area contributed by atoms with Crippen molar-refractivity contribution in [2.75, 3.05) is 18.9 Å². The predicted octanol–water partition coefficient (Wildman–Crippen LogP) is 1.55. The van der Waals surface area contributed by atoms with Crippen molar-refractivity contribution in [2.45, 2.75) is 13.8 Å². The number of halogens is 1. The Hall–Kier alpha value is -1.91. The molecule has 5 heteroatoms. The first kappa shape index (κ1) is 13.2. The van der Waals surface area contributed by atoms with Gasteiger partial charge in [0.15, 0.2) is 0 Å². The minimum Gasteiger partial charge on any atom is -0.338 e. The Labute approximate surface area is 99.4 Å². The zero-order chi connectivity index (χ0) is 13.0. The van der Waals surface area contributed by atoms with Crippen LogP contribution in [0.2, 0.25) is 0 Å². The van der Waals surface area contributed by atoms with Gasteiger partial charge in [-0.3, -0.25) is 9.59 Å². The van der Waals surface area contributed by atoms with E-state index >= 15 is 0 Å². The fraction of sp³-hybridized carbons (Fsp3) is 0.333. The molecule has 1 aromatic rings. The van der Waals surface area contributed by atoms with Crippen LogP contribution in [-0.4, -0.2) is 30.3 Å². The van der Waals surface area contributed by atoms with Gasteiger partial charge in [0.25, 0.3) is 0 Å². The summed E-state index contributed by atoms with van der Waals surface area (Å²) in [5.74, 6) is -1.69. The fourth-order valence-corrected chi connectivity index (χ4v) is 1.22. The second-order valence-electron chi connectivity index (χ2n) is 3.74. The van der Waals surface area contributed by atoms with Crippen LogP contribution >= 0.6 is 0 Å². The van der Waals surface area contributed by atoms with Gasteiger partial charge in [0, 0.05) is 19.3 Å². The maximum atomic E-state index is 13.0. The third-order valence-electron chi connectivity index (χ3n) is 2.43. The third-order valence-corrected chi connectivity index (χ3v) is 2.43. The molecular formula is C12H15FN2O2. The van der Waals surface area contributed by atoms with Gasteiger partial charge in [0.1, 0.15) is 5.82 Å². The van der Waals surface area contributed by atoms with Crippen LogP contribution in [0, 0.1) is 12.7 Å². The van der Waals surface area contributed by atoms with Gasteiger partial charge in [-0.1, -0.05) is 0 Å². The van der Waals surface area contributed by atoms with E-state index in [9.17, 15) is 14.0 Å². The van der Waals surface area contributed by atoms with E-state index in [0.717, 1.165) is 0 Å². The van der Waals surface area contributed by atoms with Crippen molar-refractivity contribution in [3.63, 3.8) is 0 Å². The van der Waals surface area contributed by atoms with E-state index in [1.54, 1.807) is 13.8 Å². The van der Waals surface area contributed by atoms with Crippen LogP contribution < -0.4 is 5.32 Å². The van der Waals surface area contributed by atoms with Crippen LogP contribution in [0.1, 0.15) is 12.5 Å². The summed E-state index contributed by atoms with van der Waals surface area (Å²) in [7, 11) is 1.54. The summed E-state index contributed by atoms with van der Waals surface area (Å²) in [5.41, 5.74) is 0.825. The molecule has 0 fully saturated rings. The highest BCUT2D eigenvalue weighted by molar-refractivity contribution is 6.39. The van der Waals surface area contributed by atoms with Crippen molar-refractivity contribution in [2.24, 2.45) is 0 Å². The van der Waals surface area contributed by atoms with E-state index < -0.39 is 11.8 Å². The van der Waals surface area contributed by atoms with Gasteiger partial charge >= 0.3 is 11.8 Å². The number of likely N-dealkylation sites (N-methyl/N-ethyl adjacent to an activating group) is 1. The van der Waals surface area contributed by atoms with E-state index in [1.807, 2.05) is 0 Å². The van der Waals surface area contributed by atoms with Gasteiger partial charge in [0.2, 0.25) is 0 Å². The van der Waals surface area contributed by atoms with Crippen LogP contribution in [0.5, 0.6) is 0 Å². The van der Waals surface area contributed by atoms with Crippen molar-refractivity contribution < 1.29 is 14.0 Å². The largest absolute Gasteiger partial charge is 0.338 e. The van der Waals surface area contributed by atoms with E-state index in [2.05, 4.69) is 5.32 Å². The summed E-state index contributed by atoms with van der Waals surface area (Å²) < 4.78 is 13.0. The van der Waals surface area contributed by atoms with Crippen molar-refractivity contribution in [3.8, 4) is 0 Å². The first-order valence-electron chi connectivity index (χ1n) is 5.28. The van der Waals surface area contributed by atoms with Crippen molar-refractivity contribution >= 4 is 17.5 Å². The molecule has 0 atom stereocenters. The van der Waals surface area contributed by atoms with Crippen molar-refractivity contribution in [1.29, 1.82) is 0 Å². The Morgan fingerprint density at radius 3 is 2.59 bits per heavy atom. The normalized spacial score (nSPS) is 9.88. The number of carbonyl (C=O) groups excluding carboxylic acids is 2. The lowest BCUT2D eigenvalue weighted by molar-refractivity contribution is -0.142. The number of benzene rings is 1. The van der Waals surface area contributed by atoms with Crippen molar-refractivity contribution in [3.05, 3.63) is 29.6 Å². The smallest absolute Gasteiger partial charge is 0.313 e. The van der Waals surface area contributed by atoms with Gasteiger partial charge in [-0.25, -0.2) is 4.39 Å². The summed E-state index contributed by atoms with van der Waals surface area (Å²) in [4.78, 5) is 24.3. The molecule has 17 heavy (non-hydrogen) atoms. The zero-order valence-corrected chi connectivity index (χ0v) is 10.1. The molecule has 1 rings (SSSR count). The fourth-order valence-electron chi connectivity index (χ4n) is 1.22. The molecule has 0 unspecified atom stereocenters. The van der Waals surface area contributed by atoms with E-state index in [-0.39, 0.29) is 5.82 Å². The molecule has 1 N–H and O–H groups in total. The highest BCUT2D eigenvalue weighted by atomic mass is 19.1. The number of amides is 2. The molecule has 0 aromatic heterocycles. The topological polar surface area (TPSA) is 49.4 Å². The third kappa shape index (κ3) is 3.27. The SMILES string of the molecule is CCN(C)C(=O)C(=O)Nc1ccc(F)c(C)c1. The summed E-state index contributed by atoms with van der Waals surface area (Å²) in [6.45, 7) is 3.81. The minimum atomic E-state index is -0.722. The van der Waals surface area contributed by atoms with Crippen LogP contribution in [0.15, 0.2) is 18.2 Å². The number of rotatable bonds is 2. The number of hydrogen-bond acceptors (Lipinski definition) is 2. The van der Waals surface area contributed by atoms with Crippen LogP contribution in [0.4, 0.5) is 10.1 Å². The first-order chi connectivity index (χ1) is 7.95. The number of hydrogen-bond donors (Lipinski definition) is 1. The number of aryl methyl sites for hydroxylation is 1. The van der Waals surface area contributed by atoms with Gasteiger partial charge in [-0.05, 0) is 37.6 Å². The Bertz CT molecular complexity index is 446. The van der Waals surface area contributed by atoms with Crippen molar-refractivity contribution in [1.82, 2.24) is 4.90 Å². The molecule has 0 spiro atoms. The molecule has 0 aliphatic carbocycles. The Morgan fingerprint density at radius 2 is 2.06 bits per heavy atom. The van der Waals surface area contributed by atoms with Crippen LogP contribution in [-0.2, 0) is 9.59 Å². The summed E-state index contributed by atoms with van der Waals surface area (Å²) in [6.07, 6.45) is 0. The monoisotopic (exact) mass is 238 g/mol. The van der Waals surface area contributed by atoms with E-state index in [4.69, 9.17) is 0 Å². The molecule has 0 saturated carbocycles. The minimum absolute atomic E-state index is 0.347. The standard InChI is InChI=1S/C12H15FN2O2/c1-4-15(3)12(17)11(16)14-9-5-6-10(13)8(2)7-9/h5-7H,4H2,1-3H3,(H,14,16). The Morgan fingerprint density at radius 1 is 1.41 bits per heavy atom.